The number of guanidine groups is 2. The van der Waals surface area contributed by atoms with Gasteiger partial charge in [0.1, 0.15) is 0 Å². The minimum atomic E-state index is -4.47. The molecule has 104 valence electrons. The van der Waals surface area contributed by atoms with E-state index in [1.807, 2.05) is 0 Å². The Balaban J connectivity index is 3.28. The average Bonchev–Trinajstić information content (AvgIpc) is 2.26. The summed E-state index contributed by atoms with van der Waals surface area (Å²) < 4.78 is 37.8. The van der Waals surface area contributed by atoms with Crippen molar-refractivity contribution in [3.05, 3.63) is 29.3 Å². The van der Waals surface area contributed by atoms with E-state index in [9.17, 15) is 13.2 Å². The quantitative estimate of drug-likeness (QED) is 0.376. The fraction of sp³-hybridized carbons (Fsp3) is 0.200. The number of halogens is 3. The monoisotopic (exact) mass is 291 g/mol. The zero-order valence-electron chi connectivity index (χ0n) is 9.65. The highest BCUT2D eigenvalue weighted by molar-refractivity contribution is 7.79. The Morgan fingerprint density at radius 3 is 2.32 bits per heavy atom. The van der Waals surface area contributed by atoms with Gasteiger partial charge in [0.15, 0.2) is 5.96 Å². The molecule has 0 spiro atoms. The van der Waals surface area contributed by atoms with E-state index in [-0.39, 0.29) is 23.4 Å². The number of rotatable bonds is 2. The van der Waals surface area contributed by atoms with E-state index in [1.54, 1.807) is 0 Å². The lowest BCUT2D eigenvalue weighted by molar-refractivity contribution is -0.137. The Morgan fingerprint density at radius 1 is 1.21 bits per heavy atom. The van der Waals surface area contributed by atoms with E-state index in [2.05, 4.69) is 22.6 Å². The molecule has 0 aliphatic carbocycles. The summed E-state index contributed by atoms with van der Waals surface area (Å²) >= 11 is 4.00. The van der Waals surface area contributed by atoms with Crippen LogP contribution in [-0.4, -0.2) is 11.9 Å². The van der Waals surface area contributed by atoms with E-state index >= 15 is 0 Å². The largest absolute Gasteiger partial charge is 0.416 e. The smallest absolute Gasteiger partial charge is 0.370 e. The molecular formula is C10H12F3N5S. The van der Waals surface area contributed by atoms with Crippen molar-refractivity contribution >= 4 is 30.2 Å². The minimum absolute atomic E-state index is 0.0207. The van der Waals surface area contributed by atoms with Gasteiger partial charge in [-0.2, -0.15) is 30.8 Å². The lowest BCUT2D eigenvalue weighted by atomic mass is 10.1. The van der Waals surface area contributed by atoms with E-state index in [0.29, 0.717) is 5.56 Å². The highest BCUT2D eigenvalue weighted by Crippen LogP contribution is 2.33. The molecule has 0 fully saturated rings. The molecule has 0 atom stereocenters. The molecule has 5 nitrogen and oxygen atoms in total. The Kier molecular flexibility index (Phi) is 4.65. The molecule has 1 aromatic rings. The summed E-state index contributed by atoms with van der Waals surface area (Å²) in [5, 5.41) is 0. The van der Waals surface area contributed by atoms with Crippen LogP contribution in [0.3, 0.4) is 0 Å². The zero-order valence-corrected chi connectivity index (χ0v) is 10.5. The third-order valence-corrected chi connectivity index (χ3v) is 2.40. The van der Waals surface area contributed by atoms with Crippen molar-refractivity contribution < 1.29 is 13.2 Å². The third kappa shape index (κ3) is 4.36. The molecule has 0 saturated heterocycles. The molecule has 9 heteroatoms. The van der Waals surface area contributed by atoms with E-state index < -0.39 is 11.7 Å². The number of nitrogens with two attached hydrogens (primary N) is 3. The first-order valence-corrected chi connectivity index (χ1v) is 5.62. The first kappa shape index (κ1) is 15.2. The second-order valence-electron chi connectivity index (χ2n) is 3.51. The lowest BCUT2D eigenvalue weighted by Crippen LogP contribution is -2.26. The van der Waals surface area contributed by atoms with Crippen LogP contribution in [0.15, 0.2) is 28.2 Å². The lowest BCUT2D eigenvalue weighted by Gasteiger charge is -2.09. The third-order valence-electron chi connectivity index (χ3n) is 2.06. The van der Waals surface area contributed by atoms with Gasteiger partial charge in [-0.15, -0.1) is 0 Å². The fourth-order valence-electron chi connectivity index (χ4n) is 1.26. The van der Waals surface area contributed by atoms with Gasteiger partial charge in [0, 0.05) is 5.75 Å². The summed E-state index contributed by atoms with van der Waals surface area (Å²) in [6.07, 6.45) is -4.47. The molecule has 0 radical (unpaired) electrons. The number of alkyl halides is 3. The van der Waals surface area contributed by atoms with Crippen molar-refractivity contribution in [2.75, 3.05) is 0 Å². The maximum absolute atomic E-state index is 12.6. The van der Waals surface area contributed by atoms with Crippen LogP contribution in [-0.2, 0) is 11.9 Å². The molecule has 0 unspecified atom stereocenters. The normalized spacial score (nSPS) is 12.3. The summed E-state index contributed by atoms with van der Waals surface area (Å²) in [5.74, 6) is -0.463. The molecule has 0 bridgehead atoms. The second kappa shape index (κ2) is 5.83. The molecule has 6 N–H and O–H groups in total. The van der Waals surface area contributed by atoms with Gasteiger partial charge in [-0.05, 0) is 17.7 Å². The second-order valence-corrected chi connectivity index (χ2v) is 3.82. The standard InChI is InChI=1S/C10H12F3N5S/c11-10(12,13)6-2-1-5(4-19)7(3-6)17-9(16)18-8(14)15/h1-3,19H,4H2,(H6,14,15,16,17,18). The predicted octanol–water partition coefficient (Wildman–Crippen LogP) is 1.35. The summed E-state index contributed by atoms with van der Waals surface area (Å²) in [5.41, 5.74) is 15.2. The van der Waals surface area contributed by atoms with Crippen LogP contribution in [0.1, 0.15) is 11.1 Å². The van der Waals surface area contributed by atoms with Crippen molar-refractivity contribution in [1.29, 1.82) is 0 Å². The fourth-order valence-corrected chi connectivity index (χ4v) is 1.53. The molecule has 1 aromatic carbocycles. The molecule has 0 amide bonds. The van der Waals surface area contributed by atoms with Gasteiger partial charge >= 0.3 is 6.18 Å². The Labute approximate surface area is 112 Å². The van der Waals surface area contributed by atoms with Crippen LogP contribution in [0.4, 0.5) is 18.9 Å². The number of hydrogen-bond acceptors (Lipinski definition) is 2. The molecule has 1 rings (SSSR count). The molecule has 19 heavy (non-hydrogen) atoms. The SMILES string of the molecule is NC(N)=NC(N)=Nc1cc(C(F)(F)F)ccc1CS. The highest BCUT2D eigenvalue weighted by Gasteiger charge is 2.30. The van der Waals surface area contributed by atoms with Gasteiger partial charge in [0.05, 0.1) is 11.3 Å². The molecule has 0 aromatic heterocycles. The van der Waals surface area contributed by atoms with E-state index in [4.69, 9.17) is 17.2 Å². The van der Waals surface area contributed by atoms with Gasteiger partial charge < -0.3 is 17.2 Å². The van der Waals surface area contributed by atoms with Gasteiger partial charge in [-0.1, -0.05) is 6.07 Å². The highest BCUT2D eigenvalue weighted by atomic mass is 32.1. The maximum Gasteiger partial charge on any atom is 0.416 e. The van der Waals surface area contributed by atoms with Gasteiger partial charge in [-0.25, -0.2) is 4.99 Å². The van der Waals surface area contributed by atoms with Crippen molar-refractivity contribution in [3.63, 3.8) is 0 Å². The summed E-state index contributed by atoms with van der Waals surface area (Å²) in [4.78, 5) is 7.18. The molecule has 0 heterocycles. The van der Waals surface area contributed by atoms with Crippen LogP contribution in [0.25, 0.3) is 0 Å². The van der Waals surface area contributed by atoms with E-state index in [1.165, 1.54) is 6.07 Å². The van der Waals surface area contributed by atoms with Gasteiger partial charge in [0.2, 0.25) is 5.96 Å². The van der Waals surface area contributed by atoms with Crippen molar-refractivity contribution in [1.82, 2.24) is 0 Å². The van der Waals surface area contributed by atoms with Crippen molar-refractivity contribution in [2.45, 2.75) is 11.9 Å². The Hall–Kier alpha value is -1.90. The topological polar surface area (TPSA) is 103 Å². The van der Waals surface area contributed by atoms with E-state index in [0.717, 1.165) is 12.1 Å². The number of benzene rings is 1. The van der Waals surface area contributed by atoms with Crippen LogP contribution >= 0.6 is 12.6 Å². The van der Waals surface area contributed by atoms with Crippen LogP contribution in [0.5, 0.6) is 0 Å². The maximum atomic E-state index is 12.6. The molecule has 0 aliphatic heterocycles. The van der Waals surface area contributed by atoms with Gasteiger partial charge in [0.25, 0.3) is 0 Å². The first-order chi connectivity index (χ1) is 8.74. The first-order valence-electron chi connectivity index (χ1n) is 4.99. The Morgan fingerprint density at radius 2 is 1.84 bits per heavy atom. The number of nitrogens with zero attached hydrogens (tertiary/aromatic N) is 2. The van der Waals surface area contributed by atoms with Crippen LogP contribution in [0.2, 0.25) is 0 Å². The summed E-state index contributed by atoms with van der Waals surface area (Å²) in [6.45, 7) is 0. The zero-order chi connectivity index (χ0) is 14.6. The number of hydrogen-bond donors (Lipinski definition) is 4. The van der Waals surface area contributed by atoms with Crippen molar-refractivity contribution in [2.24, 2.45) is 27.2 Å². The summed E-state index contributed by atoms with van der Waals surface area (Å²) in [7, 11) is 0. The predicted molar refractivity (Wildman–Crippen MR) is 71.2 cm³/mol. The Bertz CT molecular complexity index is 520. The van der Waals surface area contributed by atoms with Crippen LogP contribution in [0, 0.1) is 0 Å². The van der Waals surface area contributed by atoms with Crippen LogP contribution < -0.4 is 17.2 Å². The number of aliphatic imine (C=N–C) groups is 2. The molecular weight excluding hydrogens is 279 g/mol. The number of thiol groups is 1. The minimum Gasteiger partial charge on any atom is -0.370 e. The average molecular weight is 291 g/mol. The molecule has 0 aliphatic rings. The molecule has 0 saturated carbocycles. The summed E-state index contributed by atoms with van der Waals surface area (Å²) in [6, 6.07) is 3.08. The van der Waals surface area contributed by atoms with Gasteiger partial charge in [-0.3, -0.25) is 0 Å². The van der Waals surface area contributed by atoms with Crippen molar-refractivity contribution in [3.8, 4) is 0 Å².